The molecule has 108 valence electrons. The second kappa shape index (κ2) is 7.28. The lowest BCUT2D eigenvalue weighted by atomic mass is 9.90. The molecule has 1 aromatic carbocycles. The average molecular weight is 294 g/mol. The third-order valence-electron chi connectivity index (χ3n) is 3.88. The maximum atomic E-state index is 12.5. The predicted molar refractivity (Wildman–Crippen MR) is 80.7 cm³/mol. The molecule has 0 saturated carbocycles. The van der Waals surface area contributed by atoms with Crippen molar-refractivity contribution in [3.8, 4) is 6.07 Å². The number of piperidine rings is 1. The van der Waals surface area contributed by atoms with E-state index in [-0.39, 0.29) is 24.4 Å². The number of nitrogens with zero attached hydrogens (tertiary/aromatic N) is 2. The lowest BCUT2D eigenvalue weighted by Gasteiger charge is -2.39. The van der Waals surface area contributed by atoms with Crippen LogP contribution < -0.4 is 5.73 Å². The Bertz CT molecular complexity index is 495. The van der Waals surface area contributed by atoms with Crippen molar-refractivity contribution in [3.05, 3.63) is 35.4 Å². The number of likely N-dealkylation sites (tertiary alicyclic amines) is 1. The number of benzene rings is 1. The lowest BCUT2D eigenvalue weighted by Crippen LogP contribution is -2.51. The zero-order valence-electron chi connectivity index (χ0n) is 11.6. The molecule has 1 saturated heterocycles. The van der Waals surface area contributed by atoms with E-state index in [0.29, 0.717) is 23.6 Å². The zero-order chi connectivity index (χ0) is 13.8. The Balaban J connectivity index is 0.00000200. The highest BCUT2D eigenvalue weighted by molar-refractivity contribution is 5.94. The van der Waals surface area contributed by atoms with Crippen molar-refractivity contribution in [2.45, 2.75) is 25.8 Å². The van der Waals surface area contributed by atoms with E-state index in [1.807, 2.05) is 4.90 Å². The van der Waals surface area contributed by atoms with Crippen LogP contribution in [0.15, 0.2) is 24.3 Å². The van der Waals surface area contributed by atoms with Gasteiger partial charge in [0.15, 0.2) is 0 Å². The van der Waals surface area contributed by atoms with Crippen LogP contribution in [0.2, 0.25) is 0 Å². The first kappa shape index (κ1) is 16.5. The molecular weight excluding hydrogens is 274 g/mol. The van der Waals surface area contributed by atoms with E-state index in [1.165, 1.54) is 0 Å². The Morgan fingerprint density at radius 2 is 2.10 bits per heavy atom. The monoisotopic (exact) mass is 293 g/mol. The van der Waals surface area contributed by atoms with Crippen molar-refractivity contribution in [1.29, 1.82) is 5.26 Å². The Labute approximate surface area is 126 Å². The van der Waals surface area contributed by atoms with Gasteiger partial charge in [-0.2, -0.15) is 5.26 Å². The SMILES string of the molecule is CC1CCCN(C(=O)c2ccc(C#N)cc2)C1CN.Cl. The van der Waals surface area contributed by atoms with Crippen molar-refractivity contribution in [2.75, 3.05) is 13.1 Å². The van der Waals surface area contributed by atoms with Gasteiger partial charge in [-0.05, 0) is 43.0 Å². The normalized spacial score (nSPS) is 21.8. The Hall–Kier alpha value is -1.57. The minimum atomic E-state index is 0. The molecule has 1 aromatic rings. The third-order valence-corrected chi connectivity index (χ3v) is 3.88. The molecule has 2 rings (SSSR count). The van der Waals surface area contributed by atoms with Crippen LogP contribution in [-0.4, -0.2) is 29.9 Å². The highest BCUT2D eigenvalue weighted by Gasteiger charge is 2.31. The number of hydrogen-bond donors (Lipinski definition) is 1. The van der Waals surface area contributed by atoms with E-state index in [0.717, 1.165) is 19.4 Å². The smallest absolute Gasteiger partial charge is 0.254 e. The van der Waals surface area contributed by atoms with Crippen LogP contribution in [0.3, 0.4) is 0 Å². The van der Waals surface area contributed by atoms with Crippen molar-refractivity contribution in [3.63, 3.8) is 0 Å². The molecule has 4 nitrogen and oxygen atoms in total. The van der Waals surface area contributed by atoms with Crippen LogP contribution in [0, 0.1) is 17.2 Å². The Morgan fingerprint density at radius 1 is 1.45 bits per heavy atom. The van der Waals surface area contributed by atoms with Gasteiger partial charge in [0, 0.05) is 24.7 Å². The molecule has 1 aliphatic heterocycles. The summed E-state index contributed by atoms with van der Waals surface area (Å²) in [5.41, 5.74) is 7.01. The number of amides is 1. The maximum Gasteiger partial charge on any atom is 0.254 e. The largest absolute Gasteiger partial charge is 0.334 e. The number of hydrogen-bond acceptors (Lipinski definition) is 3. The summed E-state index contributed by atoms with van der Waals surface area (Å²) in [5, 5.41) is 8.77. The topological polar surface area (TPSA) is 70.1 Å². The molecule has 1 aliphatic rings. The molecule has 0 aliphatic carbocycles. The van der Waals surface area contributed by atoms with E-state index in [1.54, 1.807) is 24.3 Å². The number of carbonyl (C=O) groups excluding carboxylic acids is 1. The van der Waals surface area contributed by atoms with Gasteiger partial charge in [0.05, 0.1) is 11.6 Å². The fourth-order valence-corrected chi connectivity index (χ4v) is 2.71. The molecule has 2 atom stereocenters. The van der Waals surface area contributed by atoms with Crippen molar-refractivity contribution in [1.82, 2.24) is 4.90 Å². The first-order chi connectivity index (χ1) is 9.17. The third kappa shape index (κ3) is 3.30. The zero-order valence-corrected chi connectivity index (χ0v) is 12.4. The molecule has 0 aromatic heterocycles. The molecule has 0 radical (unpaired) electrons. The molecule has 20 heavy (non-hydrogen) atoms. The second-order valence-corrected chi connectivity index (χ2v) is 5.11. The number of halogens is 1. The van der Waals surface area contributed by atoms with E-state index in [2.05, 4.69) is 13.0 Å². The summed E-state index contributed by atoms with van der Waals surface area (Å²) in [5.74, 6) is 0.465. The van der Waals surface area contributed by atoms with Crippen molar-refractivity contribution in [2.24, 2.45) is 11.7 Å². The summed E-state index contributed by atoms with van der Waals surface area (Å²) in [6.07, 6.45) is 2.15. The van der Waals surface area contributed by atoms with Crippen LogP contribution in [0.1, 0.15) is 35.7 Å². The van der Waals surface area contributed by atoms with Gasteiger partial charge >= 0.3 is 0 Å². The molecule has 1 amide bonds. The van der Waals surface area contributed by atoms with Gasteiger partial charge in [-0.15, -0.1) is 12.4 Å². The van der Waals surface area contributed by atoms with Crippen LogP contribution in [0.25, 0.3) is 0 Å². The van der Waals surface area contributed by atoms with E-state index in [9.17, 15) is 4.79 Å². The summed E-state index contributed by atoms with van der Waals surface area (Å²) in [6, 6.07) is 8.97. The van der Waals surface area contributed by atoms with Crippen LogP contribution in [0.5, 0.6) is 0 Å². The van der Waals surface area contributed by atoms with Crippen LogP contribution in [-0.2, 0) is 0 Å². The molecule has 0 spiro atoms. The van der Waals surface area contributed by atoms with Crippen LogP contribution in [0.4, 0.5) is 0 Å². The summed E-state index contributed by atoms with van der Waals surface area (Å²) < 4.78 is 0. The number of carbonyl (C=O) groups is 1. The molecule has 0 bridgehead atoms. The van der Waals surface area contributed by atoms with E-state index in [4.69, 9.17) is 11.0 Å². The van der Waals surface area contributed by atoms with Gasteiger partial charge in [0.1, 0.15) is 0 Å². The summed E-state index contributed by atoms with van der Waals surface area (Å²) >= 11 is 0. The predicted octanol–water partition coefficient (Wildman–Crippen LogP) is 2.18. The van der Waals surface area contributed by atoms with Gasteiger partial charge in [-0.25, -0.2) is 0 Å². The van der Waals surface area contributed by atoms with Crippen LogP contribution >= 0.6 is 12.4 Å². The standard InChI is InChI=1S/C15H19N3O.ClH/c1-11-3-2-8-18(14(11)10-17)15(19)13-6-4-12(9-16)5-7-13;/h4-7,11,14H,2-3,8,10,17H2,1H3;1H. The highest BCUT2D eigenvalue weighted by Crippen LogP contribution is 2.24. The van der Waals surface area contributed by atoms with E-state index < -0.39 is 0 Å². The van der Waals surface area contributed by atoms with Crippen molar-refractivity contribution < 1.29 is 4.79 Å². The summed E-state index contributed by atoms with van der Waals surface area (Å²) in [6.45, 7) is 3.42. The number of rotatable bonds is 2. The molecule has 1 heterocycles. The van der Waals surface area contributed by atoms with Crippen molar-refractivity contribution >= 4 is 18.3 Å². The number of nitriles is 1. The molecule has 5 heteroatoms. The quantitative estimate of drug-likeness (QED) is 0.908. The van der Waals surface area contributed by atoms with Gasteiger partial charge in [-0.1, -0.05) is 6.92 Å². The molecular formula is C15H20ClN3O. The first-order valence-corrected chi connectivity index (χ1v) is 6.68. The van der Waals surface area contributed by atoms with Gasteiger partial charge < -0.3 is 10.6 Å². The summed E-state index contributed by atoms with van der Waals surface area (Å²) in [7, 11) is 0. The van der Waals surface area contributed by atoms with Gasteiger partial charge in [-0.3, -0.25) is 4.79 Å². The highest BCUT2D eigenvalue weighted by atomic mass is 35.5. The summed E-state index contributed by atoms with van der Waals surface area (Å²) in [4.78, 5) is 14.4. The first-order valence-electron chi connectivity index (χ1n) is 6.68. The fraction of sp³-hybridized carbons (Fsp3) is 0.467. The second-order valence-electron chi connectivity index (χ2n) is 5.11. The van der Waals surface area contributed by atoms with E-state index >= 15 is 0 Å². The fourth-order valence-electron chi connectivity index (χ4n) is 2.71. The Morgan fingerprint density at radius 3 is 2.65 bits per heavy atom. The average Bonchev–Trinajstić information content (AvgIpc) is 2.46. The molecule has 1 fully saturated rings. The molecule has 2 unspecified atom stereocenters. The van der Waals surface area contributed by atoms with Gasteiger partial charge in [0.2, 0.25) is 0 Å². The Kier molecular flexibility index (Phi) is 6.00. The van der Waals surface area contributed by atoms with Gasteiger partial charge in [0.25, 0.3) is 5.91 Å². The minimum absolute atomic E-state index is 0. The maximum absolute atomic E-state index is 12.5. The minimum Gasteiger partial charge on any atom is -0.334 e. The lowest BCUT2D eigenvalue weighted by molar-refractivity contribution is 0.0532. The molecule has 2 N–H and O–H groups in total. The number of nitrogens with two attached hydrogens (primary N) is 1.